The van der Waals surface area contributed by atoms with Crippen molar-refractivity contribution in [2.45, 2.75) is 63.9 Å². The SMILES string of the molecule is CC(C)(C)OC(=O)[C@H](O)[C@H]1[C@@H](CCc2ccccc2)OC(=O)N1CCCCl. The number of hydrogen-bond acceptors (Lipinski definition) is 5. The molecule has 0 radical (unpaired) electrons. The zero-order chi connectivity index (χ0) is 20.0. The number of benzene rings is 1. The highest BCUT2D eigenvalue weighted by Gasteiger charge is 2.48. The van der Waals surface area contributed by atoms with Gasteiger partial charge in [0.1, 0.15) is 17.7 Å². The summed E-state index contributed by atoms with van der Waals surface area (Å²) < 4.78 is 10.8. The van der Waals surface area contributed by atoms with Crippen molar-refractivity contribution in [1.29, 1.82) is 0 Å². The molecule has 0 spiro atoms. The summed E-state index contributed by atoms with van der Waals surface area (Å²) in [4.78, 5) is 26.1. The number of ether oxygens (including phenoxy) is 2. The Morgan fingerprint density at radius 1 is 1.33 bits per heavy atom. The van der Waals surface area contributed by atoms with Gasteiger partial charge in [-0.25, -0.2) is 9.59 Å². The van der Waals surface area contributed by atoms with E-state index >= 15 is 0 Å². The first-order chi connectivity index (χ1) is 12.7. The summed E-state index contributed by atoms with van der Waals surface area (Å²) in [5.74, 6) is -0.389. The van der Waals surface area contributed by atoms with Crippen molar-refractivity contribution in [2.24, 2.45) is 0 Å². The third-order valence-electron chi connectivity index (χ3n) is 4.29. The van der Waals surface area contributed by atoms with Crippen molar-refractivity contribution in [1.82, 2.24) is 4.90 Å². The summed E-state index contributed by atoms with van der Waals surface area (Å²) in [6, 6.07) is 9.00. The monoisotopic (exact) mass is 397 g/mol. The maximum Gasteiger partial charge on any atom is 0.410 e. The van der Waals surface area contributed by atoms with Crippen molar-refractivity contribution < 1.29 is 24.2 Å². The van der Waals surface area contributed by atoms with Gasteiger partial charge in [-0.15, -0.1) is 11.6 Å². The molecule has 3 atom stereocenters. The average Bonchev–Trinajstić information content (AvgIpc) is 2.92. The van der Waals surface area contributed by atoms with E-state index in [0.717, 1.165) is 5.56 Å². The number of nitrogens with zero attached hydrogens (tertiary/aromatic N) is 1. The second-order valence-corrected chi connectivity index (χ2v) is 8.03. The first kappa shape index (κ1) is 21.5. The molecular formula is C20H28ClNO5. The number of halogens is 1. The van der Waals surface area contributed by atoms with Crippen LogP contribution in [0.2, 0.25) is 0 Å². The highest BCUT2D eigenvalue weighted by Crippen LogP contribution is 2.27. The molecule has 0 aliphatic carbocycles. The van der Waals surface area contributed by atoms with Crippen molar-refractivity contribution in [3.8, 4) is 0 Å². The minimum absolute atomic E-state index is 0.314. The van der Waals surface area contributed by atoms with Gasteiger partial charge in [-0.3, -0.25) is 4.90 Å². The van der Waals surface area contributed by atoms with Crippen LogP contribution >= 0.6 is 11.6 Å². The molecule has 0 unspecified atom stereocenters. The van der Waals surface area contributed by atoms with Gasteiger partial charge >= 0.3 is 12.1 Å². The van der Waals surface area contributed by atoms with Crippen LogP contribution in [0.1, 0.15) is 39.2 Å². The fraction of sp³-hybridized carbons (Fsp3) is 0.600. The Hall–Kier alpha value is -1.79. The number of aliphatic hydroxyl groups is 1. The van der Waals surface area contributed by atoms with Gasteiger partial charge in [0.25, 0.3) is 0 Å². The number of amides is 1. The van der Waals surface area contributed by atoms with Crippen LogP contribution in [0.15, 0.2) is 30.3 Å². The maximum absolute atomic E-state index is 12.4. The average molecular weight is 398 g/mol. The van der Waals surface area contributed by atoms with Crippen LogP contribution in [0.4, 0.5) is 4.79 Å². The number of alkyl halides is 1. The Morgan fingerprint density at radius 3 is 2.59 bits per heavy atom. The smallest absolute Gasteiger partial charge is 0.410 e. The molecule has 1 fully saturated rings. The van der Waals surface area contributed by atoms with Crippen molar-refractivity contribution in [2.75, 3.05) is 12.4 Å². The molecule has 150 valence electrons. The van der Waals surface area contributed by atoms with Crippen molar-refractivity contribution >= 4 is 23.7 Å². The Kier molecular flexibility index (Phi) is 7.50. The van der Waals surface area contributed by atoms with E-state index < -0.39 is 35.9 Å². The van der Waals surface area contributed by atoms with Crippen LogP contribution in [0, 0.1) is 0 Å². The number of aryl methyl sites for hydroxylation is 1. The van der Waals surface area contributed by atoms with Gasteiger partial charge in [-0.2, -0.15) is 0 Å². The molecule has 6 nitrogen and oxygen atoms in total. The summed E-state index contributed by atoms with van der Waals surface area (Å²) in [5.41, 5.74) is 0.362. The molecule has 0 aromatic heterocycles. The van der Waals surface area contributed by atoms with Gasteiger partial charge in [-0.05, 0) is 45.6 Å². The number of carbonyl (C=O) groups excluding carboxylic acids is 2. The molecule has 1 amide bonds. The zero-order valence-electron chi connectivity index (χ0n) is 16.1. The second-order valence-electron chi connectivity index (χ2n) is 7.65. The van der Waals surface area contributed by atoms with Gasteiger partial charge < -0.3 is 14.6 Å². The predicted octanol–water partition coefficient (Wildman–Crippen LogP) is 3.14. The minimum atomic E-state index is -1.48. The molecule has 1 aromatic carbocycles. The molecule has 0 saturated carbocycles. The normalized spacial score (nSPS) is 21.1. The molecule has 1 N–H and O–H groups in total. The Labute approximate surface area is 165 Å². The zero-order valence-corrected chi connectivity index (χ0v) is 16.8. The highest BCUT2D eigenvalue weighted by molar-refractivity contribution is 6.17. The van der Waals surface area contributed by atoms with Crippen LogP contribution in [0.3, 0.4) is 0 Å². The van der Waals surface area contributed by atoms with E-state index in [1.165, 1.54) is 4.90 Å². The third-order valence-corrected chi connectivity index (χ3v) is 4.56. The number of cyclic esters (lactones) is 1. The Bertz CT molecular complexity index is 631. The largest absolute Gasteiger partial charge is 0.458 e. The molecule has 0 bridgehead atoms. The molecule has 7 heteroatoms. The molecule has 1 heterocycles. The third kappa shape index (κ3) is 6.11. The summed E-state index contributed by atoms with van der Waals surface area (Å²) in [6.45, 7) is 5.50. The fourth-order valence-electron chi connectivity index (χ4n) is 3.12. The first-order valence-electron chi connectivity index (χ1n) is 9.21. The molecule has 2 rings (SSSR count). The Morgan fingerprint density at radius 2 is 2.00 bits per heavy atom. The minimum Gasteiger partial charge on any atom is -0.458 e. The van der Waals surface area contributed by atoms with Crippen LogP contribution < -0.4 is 0 Å². The van der Waals surface area contributed by atoms with E-state index in [1.807, 2.05) is 30.3 Å². The van der Waals surface area contributed by atoms with Gasteiger partial charge in [0.2, 0.25) is 0 Å². The van der Waals surface area contributed by atoms with Gasteiger partial charge in [-0.1, -0.05) is 30.3 Å². The van der Waals surface area contributed by atoms with E-state index in [4.69, 9.17) is 21.1 Å². The molecule has 1 aromatic rings. The van der Waals surface area contributed by atoms with Crippen LogP contribution in [0.5, 0.6) is 0 Å². The fourth-order valence-corrected chi connectivity index (χ4v) is 3.24. The highest BCUT2D eigenvalue weighted by atomic mass is 35.5. The predicted molar refractivity (Wildman–Crippen MR) is 103 cm³/mol. The van der Waals surface area contributed by atoms with Crippen LogP contribution in [0.25, 0.3) is 0 Å². The summed E-state index contributed by atoms with van der Waals surface area (Å²) in [7, 11) is 0. The van der Waals surface area contributed by atoms with Crippen molar-refractivity contribution in [3.05, 3.63) is 35.9 Å². The number of esters is 1. The molecule has 1 saturated heterocycles. The first-order valence-corrected chi connectivity index (χ1v) is 9.74. The molecule has 1 aliphatic heterocycles. The number of aliphatic hydroxyl groups excluding tert-OH is 1. The number of carbonyl (C=O) groups is 2. The van der Waals surface area contributed by atoms with Gasteiger partial charge in [0.05, 0.1) is 0 Å². The van der Waals surface area contributed by atoms with Gasteiger partial charge in [0.15, 0.2) is 6.10 Å². The lowest BCUT2D eigenvalue weighted by atomic mass is 9.97. The van der Waals surface area contributed by atoms with E-state index in [0.29, 0.717) is 31.7 Å². The van der Waals surface area contributed by atoms with E-state index in [9.17, 15) is 14.7 Å². The van der Waals surface area contributed by atoms with Crippen molar-refractivity contribution in [3.63, 3.8) is 0 Å². The lowest BCUT2D eigenvalue weighted by Gasteiger charge is -2.30. The summed E-state index contributed by atoms with van der Waals surface area (Å²) >= 11 is 5.75. The number of rotatable bonds is 8. The van der Waals surface area contributed by atoms with Gasteiger partial charge in [0, 0.05) is 12.4 Å². The summed E-state index contributed by atoms with van der Waals surface area (Å²) in [6.07, 6.45) is -0.912. The molecular weight excluding hydrogens is 370 g/mol. The maximum atomic E-state index is 12.4. The molecule has 1 aliphatic rings. The topological polar surface area (TPSA) is 76.1 Å². The van der Waals surface area contributed by atoms with E-state index in [1.54, 1.807) is 20.8 Å². The standard InChI is InChI=1S/C20H28ClNO5/c1-20(2,3)27-18(24)17(23)16-15(11-10-14-8-5-4-6-9-14)26-19(25)22(16)13-7-12-21/h4-6,8-9,15-17,23H,7,10-13H2,1-3H3/t15-,16-,17-/m1/s1. The van der Waals surface area contributed by atoms with Crippen LogP contribution in [-0.4, -0.2) is 58.3 Å². The lowest BCUT2D eigenvalue weighted by molar-refractivity contribution is -0.168. The summed E-state index contributed by atoms with van der Waals surface area (Å²) in [5, 5.41) is 10.7. The van der Waals surface area contributed by atoms with E-state index in [-0.39, 0.29) is 0 Å². The Balaban J connectivity index is 2.14. The quantitative estimate of drug-likeness (QED) is 0.538. The molecule has 27 heavy (non-hydrogen) atoms. The van der Waals surface area contributed by atoms with Crippen LogP contribution in [-0.2, 0) is 20.7 Å². The number of hydrogen-bond donors (Lipinski definition) is 1. The van der Waals surface area contributed by atoms with E-state index in [2.05, 4.69) is 0 Å². The lowest BCUT2D eigenvalue weighted by Crippen LogP contribution is -2.51. The second kappa shape index (κ2) is 9.42.